The highest BCUT2D eigenvalue weighted by Crippen LogP contribution is 2.43. The Morgan fingerprint density at radius 2 is 2.00 bits per heavy atom. The first-order valence-corrected chi connectivity index (χ1v) is 3.59. The van der Waals surface area contributed by atoms with Crippen molar-refractivity contribution in [3.8, 4) is 0 Å². The van der Waals surface area contributed by atoms with Crippen molar-refractivity contribution in [2.24, 2.45) is 0 Å². The molecule has 0 saturated carbocycles. The summed E-state index contributed by atoms with van der Waals surface area (Å²) in [5.41, 5.74) is 4.10. The quantitative estimate of drug-likeness (QED) is 0.506. The van der Waals surface area contributed by atoms with Crippen molar-refractivity contribution in [2.75, 3.05) is 0 Å². The van der Waals surface area contributed by atoms with E-state index in [1.807, 2.05) is 0 Å². The molecule has 0 saturated heterocycles. The Kier molecular flexibility index (Phi) is 0.986. The van der Waals surface area contributed by atoms with E-state index < -0.39 is 0 Å². The molecule has 1 aliphatic carbocycles. The average molecular weight is 130 g/mol. The third kappa shape index (κ3) is 0.513. The van der Waals surface area contributed by atoms with Crippen LogP contribution in [0.4, 0.5) is 0 Å². The first-order valence-electron chi connectivity index (χ1n) is 3.59. The zero-order valence-corrected chi connectivity index (χ0v) is 6.09. The van der Waals surface area contributed by atoms with Crippen molar-refractivity contribution in [1.82, 2.24) is 0 Å². The lowest BCUT2D eigenvalue weighted by Gasteiger charge is -2.29. The SMILES string of the molecule is C=C1c2ccccc2C1C. The van der Waals surface area contributed by atoms with E-state index in [4.69, 9.17) is 0 Å². The van der Waals surface area contributed by atoms with E-state index in [0.29, 0.717) is 5.92 Å². The molecule has 0 fully saturated rings. The van der Waals surface area contributed by atoms with Crippen molar-refractivity contribution < 1.29 is 0 Å². The van der Waals surface area contributed by atoms with Gasteiger partial charge in [-0.1, -0.05) is 37.8 Å². The molecule has 1 aliphatic rings. The topological polar surface area (TPSA) is 0 Å². The summed E-state index contributed by atoms with van der Waals surface area (Å²) in [6, 6.07) is 8.46. The molecular formula is C10H10. The Morgan fingerprint density at radius 3 is 2.70 bits per heavy atom. The molecule has 0 aliphatic heterocycles. The second-order valence-electron chi connectivity index (χ2n) is 2.83. The molecule has 0 amide bonds. The summed E-state index contributed by atoms with van der Waals surface area (Å²) in [5, 5.41) is 0. The van der Waals surface area contributed by atoms with Crippen molar-refractivity contribution in [3.05, 3.63) is 42.0 Å². The molecule has 50 valence electrons. The lowest BCUT2D eigenvalue weighted by molar-refractivity contribution is 0.921. The molecule has 1 unspecified atom stereocenters. The fourth-order valence-corrected chi connectivity index (χ4v) is 1.51. The predicted octanol–water partition coefficient (Wildman–Crippen LogP) is 2.82. The number of hydrogen-bond donors (Lipinski definition) is 0. The summed E-state index contributed by atoms with van der Waals surface area (Å²) in [6.45, 7) is 6.18. The van der Waals surface area contributed by atoms with Gasteiger partial charge in [-0.25, -0.2) is 0 Å². The van der Waals surface area contributed by atoms with Gasteiger partial charge in [-0.2, -0.15) is 0 Å². The maximum Gasteiger partial charge on any atom is 0.00672 e. The molecule has 0 N–H and O–H groups in total. The minimum atomic E-state index is 0.594. The van der Waals surface area contributed by atoms with E-state index in [9.17, 15) is 0 Å². The van der Waals surface area contributed by atoms with Gasteiger partial charge < -0.3 is 0 Å². The Labute approximate surface area is 61.2 Å². The van der Waals surface area contributed by atoms with Crippen LogP contribution in [0.15, 0.2) is 30.8 Å². The van der Waals surface area contributed by atoms with Crippen molar-refractivity contribution in [3.63, 3.8) is 0 Å². The van der Waals surface area contributed by atoms with Crippen LogP contribution in [-0.4, -0.2) is 0 Å². The number of benzene rings is 1. The molecule has 0 heterocycles. The van der Waals surface area contributed by atoms with Gasteiger partial charge in [-0.3, -0.25) is 0 Å². The second-order valence-corrected chi connectivity index (χ2v) is 2.83. The van der Waals surface area contributed by atoms with Crippen LogP contribution in [0.25, 0.3) is 5.57 Å². The van der Waals surface area contributed by atoms with Gasteiger partial charge >= 0.3 is 0 Å². The molecule has 0 bridgehead atoms. The van der Waals surface area contributed by atoms with Crippen LogP contribution in [0.3, 0.4) is 0 Å². The Balaban J connectivity index is 2.60. The first kappa shape index (κ1) is 5.72. The minimum absolute atomic E-state index is 0.594. The Morgan fingerprint density at radius 1 is 1.30 bits per heavy atom. The summed E-state index contributed by atoms with van der Waals surface area (Å²) in [6.07, 6.45) is 0. The fraction of sp³-hybridized carbons (Fsp3) is 0.200. The van der Waals surface area contributed by atoms with Crippen LogP contribution in [0.1, 0.15) is 24.0 Å². The summed E-state index contributed by atoms with van der Waals surface area (Å²) in [5.74, 6) is 0.594. The zero-order valence-electron chi connectivity index (χ0n) is 6.09. The monoisotopic (exact) mass is 130 g/mol. The molecular weight excluding hydrogens is 120 g/mol. The molecule has 0 nitrogen and oxygen atoms in total. The third-order valence-electron chi connectivity index (χ3n) is 2.30. The van der Waals surface area contributed by atoms with Crippen LogP contribution in [0, 0.1) is 0 Å². The summed E-state index contributed by atoms with van der Waals surface area (Å²) >= 11 is 0. The lowest BCUT2D eigenvalue weighted by Crippen LogP contribution is -2.10. The highest BCUT2D eigenvalue weighted by Gasteiger charge is 2.24. The van der Waals surface area contributed by atoms with Crippen LogP contribution >= 0.6 is 0 Å². The van der Waals surface area contributed by atoms with Crippen LogP contribution in [0.5, 0.6) is 0 Å². The van der Waals surface area contributed by atoms with Crippen LogP contribution in [-0.2, 0) is 0 Å². The number of rotatable bonds is 0. The van der Waals surface area contributed by atoms with Crippen molar-refractivity contribution in [1.29, 1.82) is 0 Å². The maximum atomic E-state index is 3.98. The summed E-state index contributed by atoms with van der Waals surface area (Å²) in [7, 11) is 0. The van der Waals surface area contributed by atoms with E-state index in [1.165, 1.54) is 16.7 Å². The molecule has 1 aromatic rings. The Hall–Kier alpha value is -1.04. The fourth-order valence-electron chi connectivity index (χ4n) is 1.51. The lowest BCUT2D eigenvalue weighted by atomic mass is 9.75. The van der Waals surface area contributed by atoms with E-state index in [0.717, 1.165) is 0 Å². The van der Waals surface area contributed by atoms with E-state index in [2.05, 4.69) is 37.8 Å². The van der Waals surface area contributed by atoms with Crippen LogP contribution in [0.2, 0.25) is 0 Å². The third-order valence-corrected chi connectivity index (χ3v) is 2.30. The van der Waals surface area contributed by atoms with Gasteiger partial charge in [-0.15, -0.1) is 0 Å². The maximum absolute atomic E-state index is 3.98. The predicted molar refractivity (Wildman–Crippen MR) is 43.9 cm³/mol. The highest BCUT2D eigenvalue weighted by molar-refractivity contribution is 5.81. The van der Waals surface area contributed by atoms with Gasteiger partial charge in [0, 0.05) is 5.92 Å². The summed E-state index contributed by atoms with van der Waals surface area (Å²) in [4.78, 5) is 0. The standard InChI is InChI=1S/C10H10/c1-7-8(2)10-6-4-3-5-9(7)10/h3-6,8H,1H2,2H3. The van der Waals surface area contributed by atoms with Crippen LogP contribution < -0.4 is 0 Å². The average Bonchev–Trinajstić information content (AvgIpc) is 2.03. The molecule has 0 heteroatoms. The molecule has 0 aromatic heterocycles. The largest absolute Gasteiger partial charge is 0.0946 e. The van der Waals surface area contributed by atoms with Gasteiger partial charge in [-0.05, 0) is 16.7 Å². The van der Waals surface area contributed by atoms with Gasteiger partial charge in [0.25, 0.3) is 0 Å². The van der Waals surface area contributed by atoms with Crippen molar-refractivity contribution >= 4 is 5.57 Å². The molecule has 0 spiro atoms. The molecule has 10 heavy (non-hydrogen) atoms. The molecule has 1 aromatic carbocycles. The Bertz CT molecular complexity index is 284. The molecule has 0 radical (unpaired) electrons. The van der Waals surface area contributed by atoms with E-state index >= 15 is 0 Å². The minimum Gasteiger partial charge on any atom is -0.0946 e. The van der Waals surface area contributed by atoms with Crippen molar-refractivity contribution in [2.45, 2.75) is 12.8 Å². The smallest absolute Gasteiger partial charge is 0.00672 e. The van der Waals surface area contributed by atoms with E-state index in [-0.39, 0.29) is 0 Å². The number of fused-ring (bicyclic) bond motifs is 1. The van der Waals surface area contributed by atoms with Gasteiger partial charge in [0.2, 0.25) is 0 Å². The summed E-state index contributed by atoms with van der Waals surface area (Å²) < 4.78 is 0. The zero-order chi connectivity index (χ0) is 7.14. The highest BCUT2D eigenvalue weighted by atomic mass is 14.3. The molecule has 1 atom stereocenters. The number of hydrogen-bond acceptors (Lipinski definition) is 0. The van der Waals surface area contributed by atoms with Gasteiger partial charge in [0.15, 0.2) is 0 Å². The second kappa shape index (κ2) is 1.72. The molecule has 2 rings (SSSR count). The van der Waals surface area contributed by atoms with Gasteiger partial charge in [0.05, 0.1) is 0 Å². The number of allylic oxidation sites excluding steroid dienone is 1. The first-order chi connectivity index (χ1) is 4.80. The van der Waals surface area contributed by atoms with E-state index in [1.54, 1.807) is 0 Å². The normalized spacial score (nSPS) is 21.7. The van der Waals surface area contributed by atoms with Gasteiger partial charge in [0.1, 0.15) is 0 Å².